The highest BCUT2D eigenvalue weighted by atomic mass is 32.1. The molecule has 1 aromatic heterocycles. The number of hydrogen-bond donors (Lipinski definition) is 2. The first-order chi connectivity index (χ1) is 11.7. The second-order valence-electron chi connectivity index (χ2n) is 5.09. The molecule has 1 amide bonds. The molecular formula is C18H17N3O2S. The summed E-state index contributed by atoms with van der Waals surface area (Å²) in [5.41, 5.74) is 2.20. The number of nitrogens with one attached hydrogen (secondary N) is 2. The number of nitrogens with zero attached hydrogens (tertiary/aromatic N) is 1. The summed E-state index contributed by atoms with van der Waals surface area (Å²) in [6.45, 7) is 2.54. The van der Waals surface area contributed by atoms with Crippen LogP contribution < -0.4 is 10.1 Å². The van der Waals surface area contributed by atoms with Crippen molar-refractivity contribution >= 4 is 23.8 Å². The average molecular weight is 339 g/mol. The molecule has 0 unspecified atom stereocenters. The average Bonchev–Trinajstić information content (AvgIpc) is 3.03. The molecule has 0 aliphatic rings. The third-order valence-corrected chi connectivity index (χ3v) is 3.79. The molecule has 0 bridgehead atoms. The number of imidazole rings is 1. The minimum Gasteiger partial charge on any atom is -0.494 e. The fraction of sp³-hybridized carbons (Fsp3) is 0.111. The molecular weight excluding hydrogens is 322 g/mol. The predicted octanol–water partition coefficient (Wildman–Crippen LogP) is 4.19. The monoisotopic (exact) mass is 339 g/mol. The lowest BCUT2D eigenvalue weighted by Gasteiger charge is -2.08. The molecule has 1 heterocycles. The van der Waals surface area contributed by atoms with Crippen molar-refractivity contribution in [1.82, 2.24) is 9.55 Å². The Morgan fingerprint density at radius 2 is 1.88 bits per heavy atom. The minimum atomic E-state index is -0.164. The lowest BCUT2D eigenvalue weighted by molar-refractivity contribution is 0.102. The van der Waals surface area contributed by atoms with Gasteiger partial charge in [0.25, 0.3) is 5.91 Å². The number of rotatable bonds is 5. The minimum absolute atomic E-state index is 0.164. The fourth-order valence-corrected chi connectivity index (χ4v) is 2.54. The van der Waals surface area contributed by atoms with E-state index in [0.29, 0.717) is 16.9 Å². The summed E-state index contributed by atoms with van der Waals surface area (Å²) in [6.07, 6.45) is 3.62. The maximum atomic E-state index is 12.3. The van der Waals surface area contributed by atoms with Crippen LogP contribution in [0.5, 0.6) is 5.75 Å². The summed E-state index contributed by atoms with van der Waals surface area (Å²) in [4.78, 5) is 15.3. The van der Waals surface area contributed by atoms with E-state index >= 15 is 0 Å². The van der Waals surface area contributed by atoms with E-state index in [0.717, 1.165) is 17.1 Å². The summed E-state index contributed by atoms with van der Waals surface area (Å²) >= 11 is 5.19. The van der Waals surface area contributed by atoms with Gasteiger partial charge < -0.3 is 15.0 Å². The Labute approximate surface area is 144 Å². The summed E-state index contributed by atoms with van der Waals surface area (Å²) < 4.78 is 7.83. The molecule has 3 aromatic rings. The maximum Gasteiger partial charge on any atom is 0.255 e. The van der Waals surface area contributed by atoms with Gasteiger partial charge in [0.15, 0.2) is 4.77 Å². The smallest absolute Gasteiger partial charge is 0.255 e. The van der Waals surface area contributed by atoms with Crippen LogP contribution in [-0.4, -0.2) is 22.1 Å². The van der Waals surface area contributed by atoms with Gasteiger partial charge in [0.2, 0.25) is 0 Å². The number of hydrogen-bond acceptors (Lipinski definition) is 3. The largest absolute Gasteiger partial charge is 0.494 e. The van der Waals surface area contributed by atoms with E-state index in [-0.39, 0.29) is 5.91 Å². The zero-order valence-electron chi connectivity index (χ0n) is 13.2. The molecule has 5 nitrogen and oxygen atoms in total. The number of carbonyl (C=O) groups excluding carboxylic acids is 1. The van der Waals surface area contributed by atoms with E-state index in [4.69, 9.17) is 17.0 Å². The molecule has 0 fully saturated rings. The number of aromatic nitrogens is 2. The van der Waals surface area contributed by atoms with Gasteiger partial charge in [0.05, 0.1) is 6.61 Å². The van der Waals surface area contributed by atoms with Crippen LogP contribution in [0.15, 0.2) is 60.9 Å². The quantitative estimate of drug-likeness (QED) is 0.685. The van der Waals surface area contributed by atoms with E-state index in [9.17, 15) is 4.79 Å². The molecule has 24 heavy (non-hydrogen) atoms. The van der Waals surface area contributed by atoms with E-state index < -0.39 is 0 Å². The van der Waals surface area contributed by atoms with Crippen molar-refractivity contribution < 1.29 is 9.53 Å². The molecule has 0 saturated heterocycles. The number of carbonyl (C=O) groups is 1. The van der Waals surface area contributed by atoms with Gasteiger partial charge in [0, 0.05) is 29.3 Å². The van der Waals surface area contributed by atoms with Crippen molar-refractivity contribution in [2.45, 2.75) is 6.92 Å². The van der Waals surface area contributed by atoms with E-state index in [2.05, 4.69) is 10.3 Å². The van der Waals surface area contributed by atoms with Gasteiger partial charge in [-0.05, 0) is 67.7 Å². The number of anilines is 1. The molecule has 0 spiro atoms. The van der Waals surface area contributed by atoms with E-state index in [1.165, 1.54) is 0 Å². The standard InChI is InChI=1S/C18H17N3O2S/c1-2-23-16-9-5-14(6-10-16)20-17(22)13-3-7-15(8-4-13)21-12-11-19-18(21)24/h3-12H,2H2,1H3,(H,19,24)(H,20,22). The Bertz CT molecular complexity index is 880. The first kappa shape index (κ1) is 16.0. The van der Waals surface area contributed by atoms with Crippen LogP contribution in [0.4, 0.5) is 5.69 Å². The first-order valence-corrected chi connectivity index (χ1v) is 7.99. The molecule has 122 valence electrons. The zero-order valence-corrected chi connectivity index (χ0v) is 14.0. The third-order valence-electron chi connectivity index (χ3n) is 3.48. The third kappa shape index (κ3) is 3.55. The van der Waals surface area contributed by atoms with Crippen LogP contribution >= 0.6 is 12.2 Å². The molecule has 6 heteroatoms. The molecule has 0 atom stereocenters. The number of H-pyrrole nitrogens is 1. The van der Waals surface area contributed by atoms with Crippen molar-refractivity contribution in [1.29, 1.82) is 0 Å². The normalized spacial score (nSPS) is 10.4. The highest BCUT2D eigenvalue weighted by Gasteiger charge is 2.07. The van der Waals surface area contributed by atoms with Crippen LogP contribution in [0.2, 0.25) is 0 Å². The predicted molar refractivity (Wildman–Crippen MR) is 96.5 cm³/mol. The van der Waals surface area contributed by atoms with Gasteiger partial charge in [-0.25, -0.2) is 0 Å². The Morgan fingerprint density at radius 3 is 2.46 bits per heavy atom. The topological polar surface area (TPSA) is 59.0 Å². The van der Waals surface area contributed by atoms with Crippen LogP contribution in [0.25, 0.3) is 5.69 Å². The number of ether oxygens (including phenoxy) is 1. The second-order valence-corrected chi connectivity index (χ2v) is 5.48. The summed E-state index contributed by atoms with van der Waals surface area (Å²) in [5.74, 6) is 0.617. The molecule has 0 aliphatic heterocycles. The molecule has 0 aliphatic carbocycles. The second kappa shape index (κ2) is 7.14. The zero-order chi connectivity index (χ0) is 16.9. The van der Waals surface area contributed by atoms with Crippen molar-refractivity contribution in [2.75, 3.05) is 11.9 Å². The fourth-order valence-electron chi connectivity index (χ4n) is 2.30. The van der Waals surface area contributed by atoms with Crippen molar-refractivity contribution in [3.8, 4) is 11.4 Å². The molecule has 0 radical (unpaired) electrons. The SMILES string of the molecule is CCOc1ccc(NC(=O)c2ccc(-n3cc[nH]c3=S)cc2)cc1. The Balaban J connectivity index is 1.71. The van der Waals surface area contributed by atoms with Crippen LogP contribution in [-0.2, 0) is 0 Å². The Hall–Kier alpha value is -2.86. The van der Waals surface area contributed by atoms with Crippen molar-refractivity contribution in [3.05, 3.63) is 71.3 Å². The molecule has 2 aromatic carbocycles. The highest BCUT2D eigenvalue weighted by molar-refractivity contribution is 7.71. The van der Waals surface area contributed by atoms with Gasteiger partial charge in [-0.1, -0.05) is 0 Å². The first-order valence-electron chi connectivity index (χ1n) is 7.58. The highest BCUT2D eigenvalue weighted by Crippen LogP contribution is 2.17. The molecule has 3 rings (SSSR count). The number of aromatic amines is 1. The van der Waals surface area contributed by atoms with Gasteiger partial charge in [0.1, 0.15) is 5.75 Å². The summed E-state index contributed by atoms with van der Waals surface area (Å²) in [5, 5.41) is 2.87. The Kier molecular flexibility index (Phi) is 4.77. The molecule has 0 saturated carbocycles. The van der Waals surface area contributed by atoms with Gasteiger partial charge in [-0.3, -0.25) is 9.36 Å². The van der Waals surface area contributed by atoms with Gasteiger partial charge in [-0.2, -0.15) is 0 Å². The lowest BCUT2D eigenvalue weighted by atomic mass is 10.2. The van der Waals surface area contributed by atoms with Crippen molar-refractivity contribution in [3.63, 3.8) is 0 Å². The number of benzene rings is 2. The maximum absolute atomic E-state index is 12.3. The van der Waals surface area contributed by atoms with Gasteiger partial charge >= 0.3 is 0 Å². The summed E-state index contributed by atoms with van der Waals surface area (Å²) in [6, 6.07) is 14.5. The van der Waals surface area contributed by atoms with Gasteiger partial charge in [-0.15, -0.1) is 0 Å². The van der Waals surface area contributed by atoms with Crippen LogP contribution in [0.3, 0.4) is 0 Å². The lowest BCUT2D eigenvalue weighted by Crippen LogP contribution is -2.11. The van der Waals surface area contributed by atoms with E-state index in [1.54, 1.807) is 18.3 Å². The summed E-state index contributed by atoms with van der Waals surface area (Å²) in [7, 11) is 0. The Morgan fingerprint density at radius 1 is 1.17 bits per heavy atom. The van der Waals surface area contributed by atoms with Crippen molar-refractivity contribution in [2.24, 2.45) is 0 Å². The number of amides is 1. The molecule has 2 N–H and O–H groups in total. The van der Waals surface area contributed by atoms with E-state index in [1.807, 2.05) is 54.1 Å². The van der Waals surface area contributed by atoms with Crippen LogP contribution in [0.1, 0.15) is 17.3 Å². The van der Waals surface area contributed by atoms with Crippen LogP contribution in [0, 0.1) is 4.77 Å².